The second kappa shape index (κ2) is 5.72. The third-order valence-corrected chi connectivity index (χ3v) is 4.98. The van der Waals surface area contributed by atoms with Gasteiger partial charge in [-0.1, -0.05) is 0 Å². The van der Waals surface area contributed by atoms with Gasteiger partial charge in [0.2, 0.25) is 11.8 Å². The van der Waals surface area contributed by atoms with Gasteiger partial charge in [-0.3, -0.25) is 14.4 Å². The quantitative estimate of drug-likeness (QED) is 0.835. The Morgan fingerprint density at radius 1 is 1.26 bits per heavy atom. The third-order valence-electron chi connectivity index (χ3n) is 4.98. The lowest BCUT2D eigenvalue weighted by molar-refractivity contribution is -0.132. The summed E-state index contributed by atoms with van der Waals surface area (Å²) < 4.78 is 1.92. The Labute approximate surface area is 135 Å². The monoisotopic (exact) mass is 318 g/mol. The first kappa shape index (κ1) is 15.6. The number of aryl methyl sites for hydroxylation is 1. The summed E-state index contributed by atoms with van der Waals surface area (Å²) in [5.74, 6) is -0.345. The predicted octanol–water partition coefficient (Wildman–Crippen LogP) is -0.248. The van der Waals surface area contributed by atoms with Gasteiger partial charge < -0.3 is 19.7 Å². The third kappa shape index (κ3) is 2.60. The Morgan fingerprint density at radius 3 is 2.52 bits per heavy atom. The number of amides is 3. The first-order valence-corrected chi connectivity index (χ1v) is 7.84. The van der Waals surface area contributed by atoms with Crippen LogP contribution >= 0.6 is 0 Å². The Kier molecular flexibility index (Phi) is 3.87. The number of hydrogen-bond donors (Lipinski definition) is 1. The second-order valence-electron chi connectivity index (χ2n) is 6.35. The SMILES string of the molecule is CNC(=O)C1CC(=O)N(C2CN(C(=O)c3ccn(C)c3C)C2)C1. The summed E-state index contributed by atoms with van der Waals surface area (Å²) in [6.07, 6.45) is 2.14. The topological polar surface area (TPSA) is 74.7 Å². The second-order valence-corrected chi connectivity index (χ2v) is 6.35. The number of aromatic nitrogens is 1. The van der Waals surface area contributed by atoms with Crippen molar-refractivity contribution >= 4 is 17.7 Å². The van der Waals surface area contributed by atoms with Crippen LogP contribution < -0.4 is 5.32 Å². The van der Waals surface area contributed by atoms with Gasteiger partial charge >= 0.3 is 0 Å². The van der Waals surface area contributed by atoms with Crippen molar-refractivity contribution in [3.8, 4) is 0 Å². The number of carbonyl (C=O) groups is 3. The van der Waals surface area contributed by atoms with Gasteiger partial charge in [0.05, 0.1) is 17.5 Å². The van der Waals surface area contributed by atoms with Crippen LogP contribution in [-0.2, 0) is 16.6 Å². The van der Waals surface area contributed by atoms with Crippen molar-refractivity contribution in [3.05, 3.63) is 23.5 Å². The van der Waals surface area contributed by atoms with Gasteiger partial charge in [-0.15, -0.1) is 0 Å². The molecule has 3 amide bonds. The normalized spacial score (nSPS) is 21.5. The largest absolute Gasteiger partial charge is 0.359 e. The minimum Gasteiger partial charge on any atom is -0.359 e. The lowest BCUT2D eigenvalue weighted by Gasteiger charge is -2.44. The molecule has 0 saturated carbocycles. The van der Waals surface area contributed by atoms with Gasteiger partial charge in [-0.25, -0.2) is 0 Å². The number of nitrogens with one attached hydrogen (secondary N) is 1. The highest BCUT2D eigenvalue weighted by atomic mass is 16.2. The van der Waals surface area contributed by atoms with E-state index in [1.807, 2.05) is 30.8 Å². The standard InChI is InChI=1S/C16H22N4O3/c1-10-13(4-5-18(10)3)16(23)19-8-12(9-19)20-7-11(6-14(20)21)15(22)17-2/h4-5,11-12H,6-9H2,1-3H3,(H,17,22). The summed E-state index contributed by atoms with van der Waals surface area (Å²) >= 11 is 0. The van der Waals surface area contributed by atoms with E-state index in [1.165, 1.54) is 0 Å². The van der Waals surface area contributed by atoms with Crippen molar-refractivity contribution in [2.75, 3.05) is 26.7 Å². The summed E-state index contributed by atoms with van der Waals surface area (Å²) in [6, 6.07) is 1.86. The van der Waals surface area contributed by atoms with E-state index < -0.39 is 0 Å². The average molecular weight is 318 g/mol. The molecule has 124 valence electrons. The maximum Gasteiger partial charge on any atom is 0.255 e. The first-order valence-electron chi connectivity index (χ1n) is 7.84. The molecule has 23 heavy (non-hydrogen) atoms. The molecular formula is C16H22N4O3. The van der Waals surface area contributed by atoms with Gasteiger partial charge in [0.15, 0.2) is 0 Å². The summed E-state index contributed by atoms with van der Waals surface area (Å²) in [4.78, 5) is 39.7. The zero-order valence-corrected chi connectivity index (χ0v) is 13.7. The van der Waals surface area contributed by atoms with Crippen LogP contribution in [0.1, 0.15) is 22.5 Å². The Hall–Kier alpha value is -2.31. The highest BCUT2D eigenvalue weighted by molar-refractivity contribution is 5.96. The number of carbonyl (C=O) groups excluding carboxylic acids is 3. The van der Waals surface area contributed by atoms with Crippen LogP contribution in [0.5, 0.6) is 0 Å². The van der Waals surface area contributed by atoms with E-state index in [1.54, 1.807) is 16.8 Å². The fraction of sp³-hybridized carbons (Fsp3) is 0.562. The summed E-state index contributed by atoms with van der Waals surface area (Å²) in [5.41, 5.74) is 1.65. The summed E-state index contributed by atoms with van der Waals surface area (Å²) in [5, 5.41) is 2.60. The van der Waals surface area contributed by atoms with Crippen molar-refractivity contribution in [2.24, 2.45) is 13.0 Å². The van der Waals surface area contributed by atoms with Crippen LogP contribution in [0.4, 0.5) is 0 Å². The molecule has 0 bridgehead atoms. The van der Waals surface area contributed by atoms with Crippen LogP contribution in [0.25, 0.3) is 0 Å². The maximum atomic E-state index is 12.5. The summed E-state index contributed by atoms with van der Waals surface area (Å²) in [7, 11) is 3.49. The lowest BCUT2D eigenvalue weighted by Crippen LogP contribution is -2.61. The van der Waals surface area contributed by atoms with Crippen molar-refractivity contribution in [2.45, 2.75) is 19.4 Å². The van der Waals surface area contributed by atoms with Crippen molar-refractivity contribution < 1.29 is 14.4 Å². The number of rotatable bonds is 3. The van der Waals surface area contributed by atoms with Crippen molar-refractivity contribution in [3.63, 3.8) is 0 Å². The van der Waals surface area contributed by atoms with Crippen LogP contribution in [0.15, 0.2) is 12.3 Å². The molecule has 1 N–H and O–H groups in total. The fourth-order valence-electron chi connectivity index (χ4n) is 3.29. The maximum absolute atomic E-state index is 12.5. The predicted molar refractivity (Wildman–Crippen MR) is 83.7 cm³/mol. The van der Waals surface area contributed by atoms with Gasteiger partial charge in [0.1, 0.15) is 0 Å². The molecule has 2 aliphatic rings. The van der Waals surface area contributed by atoms with Gasteiger partial charge in [-0.05, 0) is 13.0 Å². The van der Waals surface area contributed by atoms with E-state index in [0.717, 1.165) is 5.69 Å². The van der Waals surface area contributed by atoms with Gasteiger partial charge in [0, 0.05) is 52.0 Å². The van der Waals surface area contributed by atoms with Crippen LogP contribution in [0.2, 0.25) is 0 Å². The minimum absolute atomic E-state index is 0.00610. The molecule has 1 unspecified atom stereocenters. The van der Waals surface area contributed by atoms with E-state index in [4.69, 9.17) is 0 Å². The number of nitrogens with zero attached hydrogens (tertiary/aromatic N) is 3. The molecule has 0 aliphatic carbocycles. The molecule has 2 saturated heterocycles. The Morgan fingerprint density at radius 2 is 1.96 bits per heavy atom. The highest BCUT2D eigenvalue weighted by Crippen LogP contribution is 2.26. The van der Waals surface area contributed by atoms with Gasteiger partial charge in [-0.2, -0.15) is 0 Å². The average Bonchev–Trinajstić information content (AvgIpc) is 3.01. The van der Waals surface area contributed by atoms with Crippen molar-refractivity contribution in [1.82, 2.24) is 19.7 Å². The molecule has 2 fully saturated rings. The molecule has 7 heteroatoms. The van der Waals surface area contributed by atoms with Crippen LogP contribution in [0.3, 0.4) is 0 Å². The molecule has 1 aromatic heterocycles. The zero-order chi connectivity index (χ0) is 16.7. The summed E-state index contributed by atoms with van der Waals surface area (Å²) in [6.45, 7) is 3.46. The van der Waals surface area contributed by atoms with E-state index in [2.05, 4.69) is 5.32 Å². The Bertz CT molecular complexity index is 660. The Balaban J connectivity index is 1.59. The molecular weight excluding hydrogens is 296 g/mol. The van der Waals surface area contributed by atoms with Crippen LogP contribution in [-0.4, -0.2) is 64.8 Å². The molecule has 2 aliphatic heterocycles. The van der Waals surface area contributed by atoms with E-state index >= 15 is 0 Å². The molecule has 1 aromatic rings. The highest BCUT2D eigenvalue weighted by Gasteiger charge is 2.43. The van der Waals surface area contributed by atoms with Crippen molar-refractivity contribution in [1.29, 1.82) is 0 Å². The van der Waals surface area contributed by atoms with E-state index in [9.17, 15) is 14.4 Å². The van der Waals surface area contributed by atoms with Gasteiger partial charge in [0.25, 0.3) is 5.91 Å². The number of hydrogen-bond acceptors (Lipinski definition) is 3. The van der Waals surface area contributed by atoms with E-state index in [0.29, 0.717) is 25.2 Å². The smallest absolute Gasteiger partial charge is 0.255 e. The molecule has 3 rings (SSSR count). The van der Waals surface area contributed by atoms with Crippen LogP contribution in [0, 0.1) is 12.8 Å². The molecule has 0 aromatic carbocycles. The molecule has 0 spiro atoms. The van der Waals surface area contributed by atoms with E-state index in [-0.39, 0.29) is 36.1 Å². The fourth-order valence-corrected chi connectivity index (χ4v) is 3.29. The molecule has 0 radical (unpaired) electrons. The number of likely N-dealkylation sites (tertiary alicyclic amines) is 2. The molecule has 7 nitrogen and oxygen atoms in total. The lowest BCUT2D eigenvalue weighted by atomic mass is 10.0. The zero-order valence-electron chi connectivity index (χ0n) is 13.7. The molecule has 3 heterocycles. The molecule has 1 atom stereocenters. The first-order chi connectivity index (χ1) is 10.9. The minimum atomic E-state index is -0.270.